The Labute approximate surface area is 132 Å². The van der Waals surface area contributed by atoms with Crippen molar-refractivity contribution in [1.82, 2.24) is 4.90 Å². The van der Waals surface area contributed by atoms with Gasteiger partial charge < -0.3 is 10.0 Å². The second-order valence-electron chi connectivity index (χ2n) is 5.36. The van der Waals surface area contributed by atoms with Crippen LogP contribution in [0.25, 0.3) is 0 Å². The molecule has 6 heteroatoms. The number of aromatic hydroxyl groups is 1. The lowest BCUT2D eigenvalue weighted by Gasteiger charge is -2.25. The van der Waals surface area contributed by atoms with E-state index in [2.05, 4.69) is 0 Å². The van der Waals surface area contributed by atoms with Crippen molar-refractivity contribution in [2.24, 2.45) is 0 Å². The van der Waals surface area contributed by atoms with E-state index in [1.165, 1.54) is 24.1 Å². The lowest BCUT2D eigenvalue weighted by molar-refractivity contribution is 0.0737. The van der Waals surface area contributed by atoms with Crippen LogP contribution in [-0.4, -0.2) is 29.0 Å². The van der Waals surface area contributed by atoms with E-state index in [4.69, 9.17) is 0 Å². The predicted molar refractivity (Wildman–Crippen MR) is 79.7 cm³/mol. The lowest BCUT2D eigenvalue weighted by atomic mass is 10.0. The second-order valence-corrected chi connectivity index (χ2v) is 5.36. The summed E-state index contributed by atoms with van der Waals surface area (Å²) in [6, 6.07) is 7.83. The van der Waals surface area contributed by atoms with Gasteiger partial charge in [-0.15, -0.1) is 0 Å². The Morgan fingerprint density at radius 2 is 1.70 bits per heavy atom. The van der Waals surface area contributed by atoms with Crippen LogP contribution < -0.4 is 0 Å². The fourth-order valence-electron chi connectivity index (χ4n) is 2.19. The average molecular weight is 323 g/mol. The molecule has 1 atom stereocenters. The zero-order chi connectivity index (χ0) is 17.1. The molecule has 0 saturated heterocycles. The molecule has 0 aliphatic carbocycles. The molecule has 0 spiro atoms. The molecule has 1 unspecified atom stereocenters. The zero-order valence-corrected chi connectivity index (χ0v) is 12.7. The highest BCUT2D eigenvalue weighted by Crippen LogP contribution is 2.19. The maximum atomic E-state index is 13.7. The van der Waals surface area contributed by atoms with Crippen molar-refractivity contribution in [3.8, 4) is 5.75 Å². The van der Waals surface area contributed by atoms with Crippen molar-refractivity contribution < 1.29 is 23.1 Å². The molecular weight excluding hydrogens is 307 g/mol. The number of phenols is 1. The fourth-order valence-corrected chi connectivity index (χ4v) is 2.19. The molecule has 0 aromatic heterocycles. The van der Waals surface area contributed by atoms with Crippen molar-refractivity contribution in [3.05, 3.63) is 65.0 Å². The summed E-state index contributed by atoms with van der Waals surface area (Å²) in [5.74, 6) is -5.07. The highest BCUT2D eigenvalue weighted by atomic mass is 19.2. The van der Waals surface area contributed by atoms with E-state index in [0.29, 0.717) is 6.42 Å². The number of hydrogen-bond donors (Lipinski definition) is 1. The Balaban J connectivity index is 2.15. The van der Waals surface area contributed by atoms with Crippen LogP contribution in [-0.2, 0) is 6.42 Å². The molecule has 0 bridgehead atoms. The Hall–Kier alpha value is -2.50. The minimum absolute atomic E-state index is 0.134. The van der Waals surface area contributed by atoms with E-state index in [1.54, 1.807) is 19.1 Å². The average Bonchev–Trinajstić information content (AvgIpc) is 2.53. The summed E-state index contributed by atoms with van der Waals surface area (Å²) < 4.78 is 39.9. The van der Waals surface area contributed by atoms with Gasteiger partial charge in [-0.05, 0) is 43.2 Å². The van der Waals surface area contributed by atoms with E-state index < -0.39 is 28.9 Å². The van der Waals surface area contributed by atoms with Gasteiger partial charge in [-0.1, -0.05) is 12.1 Å². The fraction of sp³-hybridized carbons (Fsp3) is 0.235. The molecule has 2 aromatic rings. The number of carbonyl (C=O) groups excluding carboxylic acids is 1. The minimum atomic E-state index is -1.66. The first-order valence-corrected chi connectivity index (χ1v) is 6.99. The van der Waals surface area contributed by atoms with E-state index >= 15 is 0 Å². The molecule has 3 nitrogen and oxygen atoms in total. The van der Waals surface area contributed by atoms with Gasteiger partial charge in [0, 0.05) is 13.1 Å². The molecule has 2 rings (SSSR count). The maximum absolute atomic E-state index is 13.7. The van der Waals surface area contributed by atoms with Gasteiger partial charge in [0.15, 0.2) is 17.5 Å². The number of likely N-dealkylation sites (N-methyl/N-ethyl adjacent to an activating group) is 1. The van der Waals surface area contributed by atoms with Gasteiger partial charge in [0.2, 0.25) is 0 Å². The number of amides is 1. The van der Waals surface area contributed by atoms with Gasteiger partial charge in [0.1, 0.15) is 5.75 Å². The highest BCUT2D eigenvalue weighted by molar-refractivity contribution is 5.94. The molecule has 0 aliphatic heterocycles. The third-order valence-corrected chi connectivity index (χ3v) is 3.71. The Morgan fingerprint density at radius 3 is 2.30 bits per heavy atom. The smallest absolute Gasteiger partial charge is 0.256 e. The van der Waals surface area contributed by atoms with Crippen molar-refractivity contribution in [3.63, 3.8) is 0 Å². The molecular formula is C17H16F3NO2. The first-order valence-electron chi connectivity index (χ1n) is 6.99. The van der Waals surface area contributed by atoms with Gasteiger partial charge in [-0.2, -0.15) is 0 Å². The van der Waals surface area contributed by atoms with E-state index in [0.717, 1.165) is 17.7 Å². The number of phenolic OH excluding ortho intramolecular Hbond substituents is 1. The molecule has 0 saturated carbocycles. The first-order chi connectivity index (χ1) is 10.8. The molecule has 23 heavy (non-hydrogen) atoms. The SMILES string of the molecule is CC(Cc1ccc(O)cc1)N(C)C(=O)c1ccc(F)c(F)c1F. The van der Waals surface area contributed by atoms with Crippen LogP contribution in [0.2, 0.25) is 0 Å². The summed E-state index contributed by atoms with van der Waals surface area (Å²) in [5.41, 5.74) is 0.365. The monoisotopic (exact) mass is 323 g/mol. The van der Waals surface area contributed by atoms with Crippen LogP contribution >= 0.6 is 0 Å². The van der Waals surface area contributed by atoms with Crippen LogP contribution in [0.15, 0.2) is 36.4 Å². The molecule has 2 aromatic carbocycles. The van der Waals surface area contributed by atoms with Crippen molar-refractivity contribution in [2.45, 2.75) is 19.4 Å². The molecule has 0 aliphatic rings. The minimum Gasteiger partial charge on any atom is -0.508 e. The van der Waals surface area contributed by atoms with E-state index in [1.807, 2.05) is 0 Å². The number of benzene rings is 2. The maximum Gasteiger partial charge on any atom is 0.256 e. The summed E-state index contributed by atoms with van der Waals surface area (Å²) in [5, 5.41) is 9.24. The summed E-state index contributed by atoms with van der Waals surface area (Å²) in [4.78, 5) is 13.5. The van der Waals surface area contributed by atoms with Gasteiger partial charge in [0.25, 0.3) is 5.91 Å². The topological polar surface area (TPSA) is 40.5 Å². The van der Waals surface area contributed by atoms with Gasteiger partial charge in [-0.3, -0.25) is 4.79 Å². The molecule has 1 N–H and O–H groups in total. The standard InChI is InChI=1S/C17H16F3NO2/c1-10(9-11-3-5-12(22)6-4-11)21(2)17(23)13-7-8-14(18)16(20)15(13)19/h3-8,10,22H,9H2,1-2H3. The highest BCUT2D eigenvalue weighted by Gasteiger charge is 2.24. The number of nitrogens with zero attached hydrogens (tertiary/aromatic N) is 1. The van der Waals surface area contributed by atoms with E-state index in [9.17, 15) is 23.1 Å². The Morgan fingerprint density at radius 1 is 1.09 bits per heavy atom. The number of rotatable bonds is 4. The first kappa shape index (κ1) is 16.9. The van der Waals surface area contributed by atoms with Crippen LogP contribution in [0.5, 0.6) is 5.75 Å². The van der Waals surface area contributed by atoms with Gasteiger partial charge in [0.05, 0.1) is 5.56 Å². The number of carbonyl (C=O) groups is 1. The summed E-state index contributed by atoms with van der Waals surface area (Å²) in [7, 11) is 1.47. The quantitative estimate of drug-likeness (QED) is 0.875. The summed E-state index contributed by atoms with van der Waals surface area (Å²) in [6.45, 7) is 1.75. The lowest BCUT2D eigenvalue weighted by Crippen LogP contribution is -2.37. The normalized spacial score (nSPS) is 12.0. The van der Waals surface area contributed by atoms with Gasteiger partial charge in [-0.25, -0.2) is 13.2 Å². The van der Waals surface area contributed by atoms with Crippen molar-refractivity contribution in [2.75, 3.05) is 7.05 Å². The third kappa shape index (κ3) is 3.64. The molecule has 0 fully saturated rings. The number of halogens is 3. The molecule has 0 radical (unpaired) electrons. The Bertz CT molecular complexity index is 717. The van der Waals surface area contributed by atoms with Gasteiger partial charge >= 0.3 is 0 Å². The van der Waals surface area contributed by atoms with Crippen LogP contribution in [0, 0.1) is 17.5 Å². The van der Waals surface area contributed by atoms with Crippen molar-refractivity contribution >= 4 is 5.91 Å². The zero-order valence-electron chi connectivity index (χ0n) is 12.7. The largest absolute Gasteiger partial charge is 0.508 e. The summed E-state index contributed by atoms with van der Waals surface area (Å²) >= 11 is 0. The van der Waals surface area contributed by atoms with E-state index in [-0.39, 0.29) is 11.8 Å². The second kappa shape index (κ2) is 6.73. The summed E-state index contributed by atoms with van der Waals surface area (Å²) in [6.07, 6.45) is 0.466. The molecule has 0 heterocycles. The van der Waals surface area contributed by atoms with Crippen LogP contribution in [0.4, 0.5) is 13.2 Å². The molecule has 122 valence electrons. The van der Waals surface area contributed by atoms with Crippen molar-refractivity contribution in [1.29, 1.82) is 0 Å². The number of hydrogen-bond acceptors (Lipinski definition) is 2. The third-order valence-electron chi connectivity index (χ3n) is 3.71. The van der Waals surface area contributed by atoms with Crippen LogP contribution in [0.1, 0.15) is 22.8 Å². The van der Waals surface area contributed by atoms with Crippen LogP contribution in [0.3, 0.4) is 0 Å². The molecule has 1 amide bonds. The Kier molecular flexibility index (Phi) is 4.93. The predicted octanol–water partition coefficient (Wildman–Crippen LogP) is 3.51.